The fourth-order valence-electron chi connectivity index (χ4n) is 5.67. The molecule has 3 aromatic rings. The third kappa shape index (κ3) is 10.8. The maximum Gasteiger partial charge on any atom is 0.328 e. The van der Waals surface area contributed by atoms with Crippen LogP contribution in [0.25, 0.3) is 0 Å². The highest BCUT2D eigenvalue weighted by molar-refractivity contribution is 7.91. The minimum absolute atomic E-state index is 0.00316. The van der Waals surface area contributed by atoms with Crippen LogP contribution in [0.2, 0.25) is 5.02 Å². The normalized spacial score (nSPS) is 13.7. The summed E-state index contributed by atoms with van der Waals surface area (Å²) in [6.07, 6.45) is -0.792. The Hall–Kier alpha value is -6.01. The highest BCUT2D eigenvalue weighted by Crippen LogP contribution is 2.38. The number of nitrogens with zero attached hydrogens (tertiary/aromatic N) is 1. The number of fused-ring (bicyclic) bond motifs is 2. The number of rotatable bonds is 16. The summed E-state index contributed by atoms with van der Waals surface area (Å²) in [5.74, 6) is -4.06. The molecule has 56 heavy (non-hydrogen) atoms. The number of benzene rings is 3. The first-order valence-electron chi connectivity index (χ1n) is 17.1. The van der Waals surface area contributed by atoms with Gasteiger partial charge in [0.15, 0.2) is 0 Å². The second-order valence-electron chi connectivity index (χ2n) is 12.2. The number of carbonyl (C=O) groups is 7. The van der Waals surface area contributed by atoms with E-state index in [1.165, 1.54) is 48.4 Å². The van der Waals surface area contributed by atoms with E-state index in [2.05, 4.69) is 30.7 Å². The maximum absolute atomic E-state index is 13.9. The molecule has 4 N–H and O–H groups in total. The van der Waals surface area contributed by atoms with Crippen molar-refractivity contribution in [1.82, 2.24) is 21.3 Å². The van der Waals surface area contributed by atoms with E-state index >= 15 is 0 Å². The molecule has 0 aliphatic carbocycles. The quantitative estimate of drug-likeness (QED) is 0.0927. The highest BCUT2D eigenvalue weighted by atomic mass is 35.5. The molecule has 0 fully saturated rings. The second-order valence-corrected chi connectivity index (χ2v) is 14.6. The molecule has 4 rings (SSSR count). The molecule has 0 bridgehead atoms. The molecule has 0 saturated heterocycles. The Kier molecular flexibility index (Phi) is 14.9. The number of nitrogens with one attached hydrogen (secondary N) is 4. The summed E-state index contributed by atoms with van der Waals surface area (Å²) in [5, 5.41) is 10.3. The predicted octanol–water partition coefficient (Wildman–Crippen LogP) is 2.30. The third-order valence-corrected chi connectivity index (χ3v) is 10.6. The first-order chi connectivity index (χ1) is 26.7. The fraction of sp³-hybridized carbons (Fsp3) is 0.324. The average molecular weight is 814 g/mol. The number of halogens is 1. The number of methoxy groups -OCH3 is 3. The Morgan fingerprint density at radius 1 is 0.750 bits per heavy atom. The van der Waals surface area contributed by atoms with Crippen LogP contribution in [-0.2, 0) is 49.8 Å². The lowest BCUT2D eigenvalue weighted by atomic mass is 10.1. The third-order valence-electron chi connectivity index (χ3n) is 8.52. The fourth-order valence-corrected chi connectivity index (χ4v) is 7.52. The largest absolute Gasteiger partial charge is 0.469 e. The summed E-state index contributed by atoms with van der Waals surface area (Å²) in [7, 11) is -0.829. The van der Waals surface area contributed by atoms with Crippen molar-refractivity contribution in [2.75, 3.05) is 39.3 Å². The number of urea groups is 1. The summed E-state index contributed by atoms with van der Waals surface area (Å²) in [5.41, 5.74) is 0.640. The van der Waals surface area contributed by atoms with Gasteiger partial charge in [0.2, 0.25) is 15.7 Å². The lowest BCUT2D eigenvalue weighted by molar-refractivity contribution is -0.144. The molecule has 5 amide bonds. The van der Waals surface area contributed by atoms with Gasteiger partial charge in [0.25, 0.3) is 11.8 Å². The van der Waals surface area contributed by atoms with Gasteiger partial charge in [-0.05, 0) is 60.9 Å². The van der Waals surface area contributed by atoms with Gasteiger partial charge in [-0.25, -0.2) is 22.8 Å². The van der Waals surface area contributed by atoms with Crippen molar-refractivity contribution in [1.29, 1.82) is 0 Å². The van der Waals surface area contributed by atoms with Crippen LogP contribution in [0.5, 0.6) is 0 Å². The smallest absolute Gasteiger partial charge is 0.328 e. The van der Waals surface area contributed by atoms with Crippen LogP contribution in [0.15, 0.2) is 76.5 Å². The molecule has 2 unspecified atom stereocenters. The highest BCUT2D eigenvalue weighted by Gasteiger charge is 2.36. The van der Waals surface area contributed by atoms with Crippen molar-refractivity contribution in [3.8, 4) is 0 Å². The standard InChI is InChI=1S/C37H40ClN5O12S/c1-53-32(45)16-13-27(36(49)55-3)42-37(50)41-26(35(48)54-2)12-15-31(44)39-17-18-40-33(46)23-11-14-30-28(20-23)43(21-22-7-6-8-24(38)19-22)34(47)25-9-4-5-10-29(25)56(30,51)52/h4-11,14,19-20,26-27H,12-13,15-18,21H2,1-3H3,(H,39,44)(H,40,46)(H2,41,42,50). The Morgan fingerprint density at radius 3 is 2.04 bits per heavy atom. The van der Waals surface area contributed by atoms with Gasteiger partial charge in [-0.1, -0.05) is 35.9 Å². The van der Waals surface area contributed by atoms with Gasteiger partial charge < -0.3 is 40.4 Å². The van der Waals surface area contributed by atoms with E-state index in [0.29, 0.717) is 10.6 Å². The molecular weight excluding hydrogens is 774 g/mol. The first kappa shape index (κ1) is 42.7. The van der Waals surface area contributed by atoms with Crippen LogP contribution in [0.4, 0.5) is 10.5 Å². The van der Waals surface area contributed by atoms with Gasteiger partial charge in [0, 0.05) is 36.5 Å². The zero-order chi connectivity index (χ0) is 41.0. The summed E-state index contributed by atoms with van der Waals surface area (Å²) < 4.78 is 41.5. The lowest BCUT2D eigenvalue weighted by Gasteiger charge is -2.23. The molecule has 0 aromatic heterocycles. The van der Waals surface area contributed by atoms with Crippen molar-refractivity contribution in [2.45, 2.75) is 54.1 Å². The summed E-state index contributed by atoms with van der Waals surface area (Å²) in [4.78, 5) is 89.2. The zero-order valence-corrected chi connectivity index (χ0v) is 32.2. The molecule has 298 valence electrons. The molecule has 0 radical (unpaired) electrons. The van der Waals surface area contributed by atoms with Crippen molar-refractivity contribution >= 4 is 68.8 Å². The number of ether oxygens (including phenoxy) is 3. The van der Waals surface area contributed by atoms with E-state index in [0.717, 1.165) is 14.2 Å². The monoisotopic (exact) mass is 813 g/mol. The number of amides is 5. The van der Waals surface area contributed by atoms with Gasteiger partial charge in [-0.3, -0.25) is 19.2 Å². The van der Waals surface area contributed by atoms with Crippen LogP contribution in [0, 0.1) is 0 Å². The van der Waals surface area contributed by atoms with E-state index in [-0.39, 0.29) is 71.9 Å². The molecule has 3 aromatic carbocycles. The van der Waals surface area contributed by atoms with E-state index in [9.17, 15) is 42.0 Å². The Labute approximate surface area is 327 Å². The number of hydrogen-bond acceptors (Lipinski definition) is 12. The zero-order valence-electron chi connectivity index (χ0n) is 30.6. The number of anilines is 1. The Balaban J connectivity index is 1.37. The summed E-state index contributed by atoms with van der Waals surface area (Å²) >= 11 is 6.18. The van der Waals surface area contributed by atoms with Gasteiger partial charge in [0.05, 0.1) is 48.9 Å². The topological polar surface area (TPSA) is 233 Å². The van der Waals surface area contributed by atoms with Crippen LogP contribution < -0.4 is 26.2 Å². The minimum Gasteiger partial charge on any atom is -0.469 e. The number of sulfone groups is 1. The van der Waals surface area contributed by atoms with E-state index in [1.807, 2.05) is 0 Å². The van der Waals surface area contributed by atoms with E-state index in [4.69, 9.17) is 16.3 Å². The Bertz CT molecular complexity index is 2110. The number of hydrogen-bond donors (Lipinski definition) is 4. The second kappa shape index (κ2) is 19.5. The molecule has 17 nitrogen and oxygen atoms in total. The Morgan fingerprint density at radius 2 is 1.39 bits per heavy atom. The maximum atomic E-state index is 13.9. The molecule has 1 heterocycles. The van der Waals surface area contributed by atoms with Crippen molar-refractivity contribution < 1.29 is 56.2 Å². The van der Waals surface area contributed by atoms with Gasteiger partial charge in [-0.15, -0.1) is 0 Å². The van der Waals surface area contributed by atoms with E-state index in [1.54, 1.807) is 30.3 Å². The molecular formula is C37H40ClN5O12S. The van der Waals surface area contributed by atoms with Crippen molar-refractivity contribution in [3.05, 3.63) is 88.4 Å². The lowest BCUT2D eigenvalue weighted by Crippen LogP contribution is -2.51. The van der Waals surface area contributed by atoms with Crippen LogP contribution in [0.3, 0.4) is 0 Å². The summed E-state index contributed by atoms with van der Waals surface area (Å²) in [6, 6.07) is 13.0. The van der Waals surface area contributed by atoms with Gasteiger partial charge in [-0.2, -0.15) is 0 Å². The number of esters is 3. The van der Waals surface area contributed by atoms with Crippen LogP contribution >= 0.6 is 11.6 Å². The molecule has 0 saturated carbocycles. The SMILES string of the molecule is COC(=O)CCC(NC(=O)NC(CCC(=O)NCCNC(=O)c1ccc2c(c1)N(Cc1cccc(Cl)c1)C(=O)c1ccccc1S2(=O)=O)C(=O)OC)C(=O)OC. The first-order valence-corrected chi connectivity index (χ1v) is 18.9. The van der Waals surface area contributed by atoms with Crippen molar-refractivity contribution in [2.24, 2.45) is 0 Å². The van der Waals surface area contributed by atoms with Crippen molar-refractivity contribution in [3.63, 3.8) is 0 Å². The van der Waals surface area contributed by atoms with Gasteiger partial charge in [0.1, 0.15) is 12.1 Å². The average Bonchev–Trinajstić information content (AvgIpc) is 3.26. The van der Waals surface area contributed by atoms with E-state index < -0.39 is 63.6 Å². The molecule has 2 atom stereocenters. The predicted molar refractivity (Wildman–Crippen MR) is 199 cm³/mol. The molecule has 19 heteroatoms. The molecule has 0 spiro atoms. The molecule has 1 aliphatic heterocycles. The number of carbonyl (C=O) groups excluding carboxylic acids is 7. The van der Waals surface area contributed by atoms with Crippen LogP contribution in [0.1, 0.15) is 52.0 Å². The minimum atomic E-state index is -4.18. The summed E-state index contributed by atoms with van der Waals surface area (Å²) in [6.45, 7) is -0.149. The molecule has 1 aliphatic rings. The van der Waals surface area contributed by atoms with Crippen LogP contribution in [-0.4, -0.2) is 96.6 Å². The van der Waals surface area contributed by atoms with Gasteiger partial charge >= 0.3 is 23.9 Å².